The number of hydrogen-bond donors (Lipinski definition) is 1. The Kier molecular flexibility index (Phi) is 4.56. The van der Waals surface area contributed by atoms with E-state index in [9.17, 15) is 0 Å². The minimum atomic E-state index is 0.411. The zero-order valence-electron chi connectivity index (χ0n) is 12.6. The monoisotopic (exact) mass is 302 g/mol. The third-order valence-electron chi connectivity index (χ3n) is 3.99. The van der Waals surface area contributed by atoms with Crippen LogP contribution in [-0.2, 0) is 4.74 Å². The second-order valence-electron chi connectivity index (χ2n) is 5.60. The average Bonchev–Trinajstić information content (AvgIpc) is 2.95. The maximum atomic E-state index is 5.73. The minimum Gasteiger partial charge on any atom is -0.382 e. The zero-order valence-corrected chi connectivity index (χ0v) is 13.5. The van der Waals surface area contributed by atoms with Crippen molar-refractivity contribution < 1.29 is 4.74 Å². The molecule has 4 heteroatoms. The largest absolute Gasteiger partial charge is 0.382 e. The second kappa shape index (κ2) is 6.58. The molecule has 1 aliphatic heterocycles. The quantitative estimate of drug-likeness (QED) is 0.903. The van der Waals surface area contributed by atoms with Crippen LogP contribution in [0.1, 0.15) is 31.2 Å². The van der Waals surface area contributed by atoms with Crippen LogP contribution in [0.4, 0.5) is 5.69 Å². The lowest BCUT2D eigenvalue weighted by atomic mass is 10.0. The summed E-state index contributed by atoms with van der Waals surface area (Å²) < 4.78 is 5.73. The van der Waals surface area contributed by atoms with Gasteiger partial charge in [0.15, 0.2) is 0 Å². The van der Waals surface area contributed by atoms with E-state index in [1.54, 1.807) is 11.3 Å². The van der Waals surface area contributed by atoms with E-state index in [0.29, 0.717) is 12.1 Å². The Balaban J connectivity index is 1.64. The fraction of sp³-hybridized carbons (Fsp3) is 0.471. The van der Waals surface area contributed by atoms with Crippen LogP contribution in [-0.4, -0.2) is 23.7 Å². The van der Waals surface area contributed by atoms with Gasteiger partial charge in [0.2, 0.25) is 0 Å². The average molecular weight is 302 g/mol. The van der Waals surface area contributed by atoms with Gasteiger partial charge in [0.25, 0.3) is 0 Å². The van der Waals surface area contributed by atoms with Crippen molar-refractivity contribution in [3.05, 3.63) is 34.7 Å². The van der Waals surface area contributed by atoms with Gasteiger partial charge in [-0.3, -0.25) is 0 Å². The van der Waals surface area contributed by atoms with Crippen LogP contribution in [0, 0.1) is 6.92 Å². The van der Waals surface area contributed by atoms with Crippen LogP contribution >= 0.6 is 11.3 Å². The van der Waals surface area contributed by atoms with Crippen molar-refractivity contribution in [2.75, 3.05) is 11.9 Å². The van der Waals surface area contributed by atoms with E-state index in [2.05, 4.69) is 46.9 Å². The van der Waals surface area contributed by atoms with Gasteiger partial charge in [-0.15, -0.1) is 11.3 Å². The van der Waals surface area contributed by atoms with Crippen molar-refractivity contribution in [3.8, 4) is 11.3 Å². The first-order valence-corrected chi connectivity index (χ1v) is 8.53. The molecule has 112 valence electrons. The molecule has 1 fully saturated rings. The number of rotatable bonds is 4. The Morgan fingerprint density at radius 3 is 2.81 bits per heavy atom. The maximum Gasteiger partial charge on any atom is 0.0901 e. The molecule has 21 heavy (non-hydrogen) atoms. The third kappa shape index (κ3) is 3.63. The number of ether oxygens (including phenoxy) is 1. The molecule has 3 nitrogen and oxygen atoms in total. The topological polar surface area (TPSA) is 34.2 Å². The molecular formula is C17H22N2OS. The molecule has 2 atom stereocenters. The van der Waals surface area contributed by atoms with Crippen molar-refractivity contribution in [2.24, 2.45) is 0 Å². The van der Waals surface area contributed by atoms with Gasteiger partial charge in [0.1, 0.15) is 0 Å². The van der Waals surface area contributed by atoms with Crippen molar-refractivity contribution in [1.82, 2.24) is 4.98 Å². The fourth-order valence-electron chi connectivity index (χ4n) is 2.76. The molecular weight excluding hydrogens is 280 g/mol. The van der Waals surface area contributed by atoms with Crippen LogP contribution < -0.4 is 5.32 Å². The second-order valence-corrected chi connectivity index (χ2v) is 6.66. The lowest BCUT2D eigenvalue weighted by Crippen LogP contribution is -2.33. The minimum absolute atomic E-state index is 0.411. The molecule has 1 aromatic heterocycles. The lowest BCUT2D eigenvalue weighted by molar-refractivity contribution is 0.00926. The number of nitrogens with one attached hydrogen (secondary N) is 1. The molecule has 3 rings (SSSR count). The highest BCUT2D eigenvalue weighted by Gasteiger charge is 2.20. The molecule has 1 N–H and O–H groups in total. The van der Waals surface area contributed by atoms with Crippen LogP contribution in [0.2, 0.25) is 0 Å². The van der Waals surface area contributed by atoms with Crippen molar-refractivity contribution in [2.45, 2.75) is 45.3 Å². The summed E-state index contributed by atoms with van der Waals surface area (Å²) in [5, 5.41) is 6.86. The number of thiazole rings is 1. The normalized spacial score (nSPS) is 22.2. The standard InChI is InChI=1S/C17H22N2OS/c1-3-16-10-15(8-9-20-16)19-14-6-4-13(5-7-14)17-11-21-12(2)18-17/h4-7,11,15-16,19H,3,8-10H2,1-2H3. The molecule has 2 aromatic rings. The van der Waals surface area contributed by atoms with Gasteiger partial charge in [-0.25, -0.2) is 4.98 Å². The van der Waals surface area contributed by atoms with E-state index in [1.165, 1.54) is 11.3 Å². The number of hydrogen-bond acceptors (Lipinski definition) is 4. The Hall–Kier alpha value is -1.39. The number of aryl methyl sites for hydroxylation is 1. The van der Waals surface area contributed by atoms with Gasteiger partial charge in [0.05, 0.1) is 16.8 Å². The van der Waals surface area contributed by atoms with Gasteiger partial charge in [-0.2, -0.15) is 0 Å². The first-order chi connectivity index (χ1) is 10.2. The van der Waals surface area contributed by atoms with Crippen molar-refractivity contribution >= 4 is 17.0 Å². The molecule has 0 radical (unpaired) electrons. The summed E-state index contributed by atoms with van der Waals surface area (Å²) in [6.07, 6.45) is 3.70. The van der Waals surface area contributed by atoms with Gasteiger partial charge < -0.3 is 10.1 Å². The number of nitrogens with zero attached hydrogens (tertiary/aromatic N) is 1. The number of aromatic nitrogens is 1. The summed E-state index contributed by atoms with van der Waals surface area (Å²) in [6, 6.07) is 9.12. The first kappa shape index (κ1) is 14.5. The molecule has 2 unspecified atom stereocenters. The Labute approximate surface area is 130 Å². The van der Waals surface area contributed by atoms with E-state index in [-0.39, 0.29) is 0 Å². The molecule has 1 aliphatic rings. The predicted molar refractivity (Wildman–Crippen MR) is 89.0 cm³/mol. The van der Waals surface area contributed by atoms with E-state index < -0.39 is 0 Å². The van der Waals surface area contributed by atoms with Crippen LogP contribution in [0.3, 0.4) is 0 Å². The summed E-state index contributed by atoms with van der Waals surface area (Å²) in [4.78, 5) is 4.53. The molecule has 1 aromatic carbocycles. The van der Waals surface area contributed by atoms with Gasteiger partial charge >= 0.3 is 0 Å². The summed E-state index contributed by atoms with van der Waals surface area (Å²) in [5.74, 6) is 0. The highest BCUT2D eigenvalue weighted by atomic mass is 32.1. The van der Waals surface area contributed by atoms with E-state index in [1.807, 2.05) is 6.92 Å². The van der Waals surface area contributed by atoms with Crippen LogP contribution in [0.15, 0.2) is 29.6 Å². The first-order valence-electron chi connectivity index (χ1n) is 7.65. The van der Waals surface area contributed by atoms with Crippen molar-refractivity contribution in [3.63, 3.8) is 0 Å². The Morgan fingerprint density at radius 2 is 2.14 bits per heavy atom. The van der Waals surface area contributed by atoms with Gasteiger partial charge in [-0.1, -0.05) is 19.1 Å². The molecule has 0 aliphatic carbocycles. The summed E-state index contributed by atoms with van der Waals surface area (Å²) >= 11 is 1.69. The van der Waals surface area contributed by atoms with E-state index in [4.69, 9.17) is 4.74 Å². The Morgan fingerprint density at radius 1 is 1.33 bits per heavy atom. The fourth-order valence-corrected chi connectivity index (χ4v) is 3.39. The molecule has 0 saturated carbocycles. The van der Waals surface area contributed by atoms with Crippen LogP contribution in [0.25, 0.3) is 11.3 Å². The summed E-state index contributed by atoms with van der Waals surface area (Å²) in [5.41, 5.74) is 3.44. The van der Waals surface area contributed by atoms with E-state index >= 15 is 0 Å². The SMILES string of the molecule is CCC1CC(Nc2ccc(-c3csc(C)n3)cc2)CCO1. The predicted octanol–water partition coefficient (Wildman–Crippen LogP) is 4.49. The molecule has 2 heterocycles. The summed E-state index contributed by atoms with van der Waals surface area (Å²) in [7, 11) is 0. The highest BCUT2D eigenvalue weighted by molar-refractivity contribution is 7.09. The van der Waals surface area contributed by atoms with E-state index in [0.717, 1.165) is 36.6 Å². The number of anilines is 1. The molecule has 0 amide bonds. The number of benzene rings is 1. The molecule has 0 spiro atoms. The Bertz CT molecular complexity index is 579. The van der Waals surface area contributed by atoms with Crippen molar-refractivity contribution in [1.29, 1.82) is 0 Å². The molecule has 0 bridgehead atoms. The summed E-state index contributed by atoms with van der Waals surface area (Å²) in [6.45, 7) is 5.10. The molecule has 1 saturated heterocycles. The van der Waals surface area contributed by atoms with Gasteiger partial charge in [0, 0.05) is 29.3 Å². The van der Waals surface area contributed by atoms with Gasteiger partial charge in [-0.05, 0) is 38.3 Å². The highest BCUT2D eigenvalue weighted by Crippen LogP contribution is 2.25. The maximum absolute atomic E-state index is 5.73. The lowest BCUT2D eigenvalue weighted by Gasteiger charge is -2.30. The van der Waals surface area contributed by atoms with Crippen LogP contribution in [0.5, 0.6) is 0 Å². The third-order valence-corrected chi connectivity index (χ3v) is 4.77. The zero-order chi connectivity index (χ0) is 14.7. The smallest absolute Gasteiger partial charge is 0.0901 e.